The molecule has 1 aliphatic heterocycles. The number of hydrogen-bond acceptors (Lipinski definition) is 5. The fraction of sp³-hybridized carbons (Fsp3) is 0.368. The molecule has 27 heavy (non-hydrogen) atoms. The summed E-state index contributed by atoms with van der Waals surface area (Å²) in [6, 6.07) is 8.15. The maximum absolute atomic E-state index is 13.9. The van der Waals surface area contributed by atoms with Gasteiger partial charge in [0.05, 0.1) is 5.56 Å². The van der Waals surface area contributed by atoms with Crippen molar-refractivity contribution < 1.29 is 13.7 Å². The number of halogens is 1. The summed E-state index contributed by atoms with van der Waals surface area (Å²) in [4.78, 5) is 18.7. The summed E-state index contributed by atoms with van der Waals surface area (Å²) in [6.45, 7) is 1.65. The van der Waals surface area contributed by atoms with E-state index in [1.807, 2.05) is 4.90 Å². The lowest BCUT2D eigenvalue weighted by atomic mass is 9.94. The molecule has 3 aromatic rings. The molecular weight excluding hydrogens is 349 g/mol. The number of nitrogens with zero attached hydrogens (tertiary/aromatic N) is 5. The summed E-state index contributed by atoms with van der Waals surface area (Å²) in [6.07, 6.45) is 5.94. The van der Waals surface area contributed by atoms with Crippen LogP contribution in [0.3, 0.4) is 0 Å². The van der Waals surface area contributed by atoms with Crippen LogP contribution >= 0.6 is 0 Å². The van der Waals surface area contributed by atoms with Crippen LogP contribution in [0.5, 0.6) is 0 Å². The molecule has 140 valence electrons. The normalized spacial score (nSPS) is 17.2. The van der Waals surface area contributed by atoms with Crippen LogP contribution < -0.4 is 0 Å². The quantitative estimate of drug-likeness (QED) is 0.691. The van der Waals surface area contributed by atoms with E-state index >= 15 is 0 Å². The number of likely N-dealkylation sites (tertiary alicyclic amines) is 1. The molecule has 0 spiro atoms. The second-order valence-corrected chi connectivity index (χ2v) is 6.75. The van der Waals surface area contributed by atoms with Gasteiger partial charge in [-0.05, 0) is 37.0 Å². The number of rotatable bonds is 5. The van der Waals surface area contributed by atoms with Gasteiger partial charge in [-0.25, -0.2) is 4.39 Å². The van der Waals surface area contributed by atoms with Gasteiger partial charge < -0.3 is 9.42 Å². The molecule has 4 rings (SSSR count). The highest BCUT2D eigenvalue weighted by Gasteiger charge is 2.26. The lowest BCUT2D eigenvalue weighted by molar-refractivity contribution is -0.133. The van der Waals surface area contributed by atoms with Crippen molar-refractivity contribution in [1.82, 2.24) is 24.8 Å². The predicted molar refractivity (Wildman–Crippen MR) is 94.9 cm³/mol. The number of hydrogen-bond donors (Lipinski definition) is 0. The van der Waals surface area contributed by atoms with Crippen molar-refractivity contribution in [1.29, 1.82) is 0 Å². The van der Waals surface area contributed by atoms with E-state index < -0.39 is 0 Å². The van der Waals surface area contributed by atoms with Crippen LogP contribution in [0.2, 0.25) is 0 Å². The number of aromatic nitrogens is 4. The van der Waals surface area contributed by atoms with Gasteiger partial charge in [0, 0.05) is 31.9 Å². The van der Waals surface area contributed by atoms with Crippen molar-refractivity contribution in [3.63, 3.8) is 0 Å². The van der Waals surface area contributed by atoms with E-state index in [1.54, 1.807) is 41.3 Å². The third-order valence-corrected chi connectivity index (χ3v) is 4.77. The van der Waals surface area contributed by atoms with Crippen LogP contribution in [0, 0.1) is 11.7 Å². The van der Waals surface area contributed by atoms with Gasteiger partial charge in [0.15, 0.2) is 0 Å². The van der Waals surface area contributed by atoms with Gasteiger partial charge >= 0.3 is 0 Å². The zero-order chi connectivity index (χ0) is 18.6. The summed E-state index contributed by atoms with van der Waals surface area (Å²) >= 11 is 0. The van der Waals surface area contributed by atoms with Crippen LogP contribution in [0.15, 0.2) is 47.2 Å². The molecule has 0 N–H and O–H groups in total. The molecule has 0 bridgehead atoms. The third kappa shape index (κ3) is 4.05. The third-order valence-electron chi connectivity index (χ3n) is 4.77. The standard InChI is InChI=1S/C19H20FN5O2/c20-16-7-2-1-6-15(16)19-22-17(27-23-19)11-14-5-3-9-24(12-14)18(26)13-25-10-4-8-21-25/h1-2,4,6-8,10,14H,3,5,9,11-13H2. The van der Waals surface area contributed by atoms with E-state index in [2.05, 4.69) is 15.2 Å². The lowest BCUT2D eigenvalue weighted by Gasteiger charge is -2.32. The van der Waals surface area contributed by atoms with Gasteiger partial charge in [0.25, 0.3) is 0 Å². The average Bonchev–Trinajstić information content (AvgIpc) is 3.34. The minimum atomic E-state index is -0.377. The SMILES string of the molecule is O=C(Cn1cccn1)N1CCCC(Cc2nc(-c3ccccc3F)no2)C1. The lowest BCUT2D eigenvalue weighted by Crippen LogP contribution is -2.42. The molecule has 1 unspecified atom stereocenters. The van der Waals surface area contributed by atoms with Gasteiger partial charge in [-0.3, -0.25) is 9.48 Å². The summed E-state index contributed by atoms with van der Waals surface area (Å²) in [7, 11) is 0. The number of benzene rings is 1. The van der Waals surface area contributed by atoms with E-state index in [9.17, 15) is 9.18 Å². The molecule has 7 nitrogen and oxygen atoms in total. The molecule has 1 aromatic carbocycles. The Labute approximate surface area is 155 Å². The Hall–Kier alpha value is -3.03. The fourth-order valence-electron chi connectivity index (χ4n) is 3.43. The van der Waals surface area contributed by atoms with E-state index in [0.29, 0.717) is 24.4 Å². The van der Waals surface area contributed by atoms with E-state index in [-0.39, 0.29) is 30.0 Å². The molecule has 8 heteroatoms. The van der Waals surface area contributed by atoms with Gasteiger partial charge in [-0.2, -0.15) is 10.1 Å². The van der Waals surface area contributed by atoms with Crippen molar-refractivity contribution in [3.05, 3.63) is 54.4 Å². The summed E-state index contributed by atoms with van der Waals surface area (Å²) < 4.78 is 20.8. The first kappa shape index (κ1) is 17.4. The molecule has 1 fully saturated rings. The molecule has 1 saturated heterocycles. The molecule has 3 heterocycles. The number of piperidine rings is 1. The van der Waals surface area contributed by atoms with E-state index in [4.69, 9.17) is 4.52 Å². The molecular formula is C19H20FN5O2. The average molecular weight is 369 g/mol. The largest absolute Gasteiger partial charge is 0.341 e. The predicted octanol–water partition coefficient (Wildman–Crippen LogP) is 2.55. The van der Waals surface area contributed by atoms with Gasteiger partial charge in [-0.1, -0.05) is 17.3 Å². The topological polar surface area (TPSA) is 77.1 Å². The zero-order valence-corrected chi connectivity index (χ0v) is 14.8. The van der Waals surface area contributed by atoms with Crippen molar-refractivity contribution in [2.75, 3.05) is 13.1 Å². The Morgan fingerprint density at radius 1 is 1.30 bits per heavy atom. The first-order valence-corrected chi connectivity index (χ1v) is 9.02. The van der Waals surface area contributed by atoms with Crippen LogP contribution in [0.4, 0.5) is 4.39 Å². The minimum absolute atomic E-state index is 0.0565. The van der Waals surface area contributed by atoms with E-state index in [1.165, 1.54) is 6.07 Å². The molecule has 0 saturated carbocycles. The smallest absolute Gasteiger partial charge is 0.244 e. The Morgan fingerprint density at radius 3 is 3.00 bits per heavy atom. The summed E-state index contributed by atoms with van der Waals surface area (Å²) in [5.41, 5.74) is 0.326. The molecule has 0 aliphatic carbocycles. The molecule has 2 aromatic heterocycles. The minimum Gasteiger partial charge on any atom is -0.341 e. The summed E-state index contributed by atoms with van der Waals surface area (Å²) in [5.74, 6) is 0.651. The first-order valence-electron chi connectivity index (χ1n) is 9.02. The molecule has 0 radical (unpaired) electrons. The Bertz CT molecular complexity index is 908. The van der Waals surface area contributed by atoms with Crippen LogP contribution in [0.1, 0.15) is 18.7 Å². The second-order valence-electron chi connectivity index (χ2n) is 6.75. The van der Waals surface area contributed by atoms with Crippen molar-refractivity contribution >= 4 is 5.91 Å². The number of amides is 1. The first-order chi connectivity index (χ1) is 13.2. The van der Waals surface area contributed by atoms with E-state index in [0.717, 1.165) is 19.4 Å². The van der Waals surface area contributed by atoms with Crippen LogP contribution in [-0.2, 0) is 17.8 Å². The maximum Gasteiger partial charge on any atom is 0.244 e. The van der Waals surface area contributed by atoms with Crippen LogP contribution in [0.25, 0.3) is 11.4 Å². The Balaban J connectivity index is 1.38. The summed E-state index contributed by atoms with van der Waals surface area (Å²) in [5, 5.41) is 7.98. The Kier molecular flexibility index (Phi) is 4.95. The van der Waals surface area contributed by atoms with Crippen LogP contribution in [-0.4, -0.2) is 43.8 Å². The van der Waals surface area contributed by atoms with Crippen molar-refractivity contribution in [2.45, 2.75) is 25.8 Å². The van der Waals surface area contributed by atoms with Gasteiger partial charge in [0.1, 0.15) is 12.4 Å². The fourth-order valence-corrected chi connectivity index (χ4v) is 3.43. The zero-order valence-electron chi connectivity index (χ0n) is 14.8. The highest BCUT2D eigenvalue weighted by atomic mass is 19.1. The Morgan fingerprint density at radius 2 is 2.19 bits per heavy atom. The van der Waals surface area contributed by atoms with Gasteiger partial charge in [0.2, 0.25) is 17.6 Å². The highest BCUT2D eigenvalue weighted by Crippen LogP contribution is 2.23. The molecule has 1 aliphatic rings. The number of carbonyl (C=O) groups excluding carboxylic acids is 1. The maximum atomic E-state index is 13.9. The molecule has 1 atom stereocenters. The number of carbonyl (C=O) groups is 1. The monoisotopic (exact) mass is 369 g/mol. The highest BCUT2D eigenvalue weighted by molar-refractivity contribution is 5.76. The molecule has 1 amide bonds. The second kappa shape index (κ2) is 7.69. The van der Waals surface area contributed by atoms with Crippen molar-refractivity contribution in [2.24, 2.45) is 5.92 Å². The van der Waals surface area contributed by atoms with Crippen molar-refractivity contribution in [3.8, 4) is 11.4 Å². The van der Waals surface area contributed by atoms with Gasteiger partial charge in [-0.15, -0.1) is 0 Å².